The quantitative estimate of drug-likeness (QED) is 0.794. The highest BCUT2D eigenvalue weighted by Gasteiger charge is 2.27. The van der Waals surface area contributed by atoms with Crippen LogP contribution in [0.15, 0.2) is 24.3 Å². The van der Waals surface area contributed by atoms with E-state index in [0.717, 1.165) is 23.9 Å². The van der Waals surface area contributed by atoms with Crippen molar-refractivity contribution in [1.82, 2.24) is 9.97 Å². The molecule has 0 spiro atoms. The van der Waals surface area contributed by atoms with E-state index in [0.29, 0.717) is 36.3 Å². The Morgan fingerprint density at radius 3 is 2.81 bits per heavy atom. The number of halogens is 1. The van der Waals surface area contributed by atoms with E-state index in [1.165, 1.54) is 0 Å². The largest absolute Gasteiger partial charge is 0.379 e. The highest BCUT2D eigenvalue weighted by atomic mass is 35.5. The van der Waals surface area contributed by atoms with Gasteiger partial charge in [0.25, 0.3) is 0 Å². The Morgan fingerprint density at radius 2 is 2.11 bits per heavy atom. The fraction of sp³-hybridized carbons (Fsp3) is 0.412. The van der Waals surface area contributed by atoms with Crippen LogP contribution in [0.1, 0.15) is 23.7 Å². The molecule has 1 fully saturated rings. The number of aryl methyl sites for hydroxylation is 1. The van der Waals surface area contributed by atoms with E-state index in [4.69, 9.17) is 22.1 Å². The van der Waals surface area contributed by atoms with Gasteiger partial charge >= 0.3 is 0 Å². The van der Waals surface area contributed by atoms with E-state index in [-0.39, 0.29) is 12.0 Å². The number of nitrogens with two attached hydrogens (primary N) is 1. The zero-order valence-electron chi connectivity index (χ0n) is 15.1. The van der Waals surface area contributed by atoms with Crippen LogP contribution in [0.4, 0.5) is 17.5 Å². The van der Waals surface area contributed by atoms with Crippen molar-refractivity contribution in [3.8, 4) is 0 Å². The first-order chi connectivity index (χ1) is 12.7. The number of ether oxygens (including phenoxy) is 1. The molecule has 3 N–H and O–H groups in total. The lowest BCUT2D eigenvalue weighted by Gasteiger charge is -2.31. The molecule has 0 amide bonds. The standard InChI is InChI=1S/C17H22ClN5O3S/c1-11-8-16(21-17(19)20-11)23-6-3-7-26-10-15(23)13-9-12(4-5-14(13)18)22-27(2,24)25/h4-5,8-9,15,22H,3,6-7,10H2,1-2H3,(H2,19,20,21). The van der Waals surface area contributed by atoms with Crippen LogP contribution in [-0.2, 0) is 14.8 Å². The Balaban J connectivity index is 2.04. The predicted molar refractivity (Wildman–Crippen MR) is 107 cm³/mol. The molecule has 1 saturated heterocycles. The van der Waals surface area contributed by atoms with Crippen LogP contribution < -0.4 is 15.4 Å². The molecule has 27 heavy (non-hydrogen) atoms. The third-order valence-electron chi connectivity index (χ3n) is 4.15. The van der Waals surface area contributed by atoms with Gasteiger partial charge in [0.05, 0.1) is 18.9 Å². The van der Waals surface area contributed by atoms with Crippen molar-refractivity contribution in [3.63, 3.8) is 0 Å². The first-order valence-electron chi connectivity index (χ1n) is 8.46. The van der Waals surface area contributed by atoms with Gasteiger partial charge < -0.3 is 15.4 Å². The second-order valence-corrected chi connectivity index (χ2v) is 8.63. The van der Waals surface area contributed by atoms with Gasteiger partial charge in [-0.1, -0.05) is 11.6 Å². The van der Waals surface area contributed by atoms with Crippen molar-refractivity contribution in [2.75, 3.05) is 41.4 Å². The minimum absolute atomic E-state index is 0.201. The van der Waals surface area contributed by atoms with Crippen LogP contribution in [0.2, 0.25) is 5.02 Å². The second kappa shape index (κ2) is 7.87. The molecule has 1 aromatic heterocycles. The van der Waals surface area contributed by atoms with Gasteiger partial charge in [-0.2, -0.15) is 4.98 Å². The molecule has 0 saturated carbocycles. The fourth-order valence-corrected chi connectivity index (χ4v) is 3.91. The zero-order valence-corrected chi connectivity index (χ0v) is 16.7. The molecule has 146 valence electrons. The maximum Gasteiger partial charge on any atom is 0.229 e. The summed E-state index contributed by atoms with van der Waals surface area (Å²) in [6.07, 6.45) is 1.92. The van der Waals surface area contributed by atoms with Gasteiger partial charge in [-0.15, -0.1) is 0 Å². The normalized spacial score (nSPS) is 18.2. The Hall–Kier alpha value is -2.10. The number of hydrogen-bond acceptors (Lipinski definition) is 7. The van der Waals surface area contributed by atoms with E-state index >= 15 is 0 Å². The summed E-state index contributed by atoms with van der Waals surface area (Å²) in [7, 11) is -3.40. The molecule has 0 bridgehead atoms. The number of aromatic nitrogens is 2. The van der Waals surface area contributed by atoms with Gasteiger partial charge in [-0.05, 0) is 37.1 Å². The van der Waals surface area contributed by atoms with Crippen LogP contribution in [0, 0.1) is 6.92 Å². The summed E-state index contributed by atoms with van der Waals surface area (Å²) in [5, 5.41) is 0.522. The van der Waals surface area contributed by atoms with E-state index in [1.807, 2.05) is 13.0 Å². The number of benzene rings is 1. The van der Waals surface area contributed by atoms with Crippen molar-refractivity contribution < 1.29 is 13.2 Å². The molecule has 0 aliphatic carbocycles. The van der Waals surface area contributed by atoms with Crippen LogP contribution in [0.25, 0.3) is 0 Å². The molecule has 8 nitrogen and oxygen atoms in total. The average Bonchev–Trinajstić information content (AvgIpc) is 2.80. The van der Waals surface area contributed by atoms with Crippen molar-refractivity contribution in [2.24, 2.45) is 0 Å². The highest BCUT2D eigenvalue weighted by Crippen LogP contribution is 2.34. The lowest BCUT2D eigenvalue weighted by molar-refractivity contribution is 0.134. The molecule has 1 unspecified atom stereocenters. The number of nitrogen functional groups attached to an aromatic ring is 1. The zero-order chi connectivity index (χ0) is 19.6. The van der Waals surface area contributed by atoms with Crippen LogP contribution in [-0.4, -0.2) is 44.4 Å². The molecule has 10 heteroatoms. The van der Waals surface area contributed by atoms with Crippen molar-refractivity contribution in [2.45, 2.75) is 19.4 Å². The molecule has 1 aliphatic rings. The summed E-state index contributed by atoms with van der Waals surface area (Å²) >= 11 is 6.45. The van der Waals surface area contributed by atoms with Gasteiger partial charge in [-0.3, -0.25) is 4.72 Å². The van der Waals surface area contributed by atoms with Gasteiger partial charge in [0, 0.05) is 35.6 Å². The monoisotopic (exact) mass is 411 g/mol. The molecular formula is C17H22ClN5O3S. The van der Waals surface area contributed by atoms with Crippen molar-refractivity contribution in [1.29, 1.82) is 0 Å². The number of sulfonamides is 1. The number of nitrogens with zero attached hydrogens (tertiary/aromatic N) is 3. The van der Waals surface area contributed by atoms with Gasteiger partial charge in [0.1, 0.15) is 5.82 Å². The summed E-state index contributed by atoms with van der Waals surface area (Å²) in [5.74, 6) is 0.889. The molecule has 2 heterocycles. The summed E-state index contributed by atoms with van der Waals surface area (Å²) in [6.45, 7) is 3.56. The minimum Gasteiger partial charge on any atom is -0.379 e. The molecule has 1 aliphatic heterocycles. The molecule has 1 atom stereocenters. The van der Waals surface area contributed by atoms with E-state index in [1.54, 1.807) is 18.2 Å². The van der Waals surface area contributed by atoms with E-state index in [9.17, 15) is 8.42 Å². The summed E-state index contributed by atoms with van der Waals surface area (Å²) < 4.78 is 31.4. The van der Waals surface area contributed by atoms with Gasteiger partial charge in [-0.25, -0.2) is 13.4 Å². The Kier molecular flexibility index (Phi) is 5.73. The first-order valence-corrected chi connectivity index (χ1v) is 10.7. The smallest absolute Gasteiger partial charge is 0.229 e. The number of hydrogen-bond donors (Lipinski definition) is 2. The third-order valence-corrected chi connectivity index (χ3v) is 5.10. The average molecular weight is 412 g/mol. The molecule has 0 radical (unpaired) electrons. The number of rotatable bonds is 4. The Labute approximate surface area is 163 Å². The lowest BCUT2D eigenvalue weighted by Crippen LogP contribution is -2.32. The fourth-order valence-electron chi connectivity index (χ4n) is 3.11. The first kappa shape index (κ1) is 19.7. The number of anilines is 3. The van der Waals surface area contributed by atoms with E-state index < -0.39 is 10.0 Å². The Bertz CT molecular complexity index is 918. The SMILES string of the molecule is Cc1cc(N2CCCOCC2c2cc(NS(C)(=O)=O)ccc2Cl)nc(N)n1. The maximum atomic E-state index is 11.6. The predicted octanol–water partition coefficient (Wildman–Crippen LogP) is 2.36. The van der Waals surface area contributed by atoms with Crippen LogP contribution >= 0.6 is 11.6 Å². The summed E-state index contributed by atoms with van der Waals surface area (Å²) in [6, 6.07) is 6.65. The minimum atomic E-state index is -3.40. The van der Waals surface area contributed by atoms with Gasteiger partial charge in [0.2, 0.25) is 16.0 Å². The summed E-state index contributed by atoms with van der Waals surface area (Å²) in [4.78, 5) is 10.6. The van der Waals surface area contributed by atoms with Crippen LogP contribution in [0.5, 0.6) is 0 Å². The maximum absolute atomic E-state index is 11.6. The Morgan fingerprint density at radius 1 is 1.33 bits per heavy atom. The van der Waals surface area contributed by atoms with Crippen molar-refractivity contribution in [3.05, 3.63) is 40.5 Å². The highest BCUT2D eigenvalue weighted by molar-refractivity contribution is 7.92. The van der Waals surface area contributed by atoms with E-state index in [2.05, 4.69) is 19.6 Å². The molecule has 1 aromatic carbocycles. The van der Waals surface area contributed by atoms with Gasteiger partial charge in [0.15, 0.2) is 0 Å². The molecule has 2 aromatic rings. The third kappa shape index (κ3) is 5.00. The second-order valence-electron chi connectivity index (χ2n) is 6.47. The molecular weight excluding hydrogens is 390 g/mol. The van der Waals surface area contributed by atoms with Crippen LogP contribution in [0.3, 0.4) is 0 Å². The summed E-state index contributed by atoms with van der Waals surface area (Å²) in [5.41, 5.74) is 7.79. The van der Waals surface area contributed by atoms with Crippen molar-refractivity contribution >= 4 is 39.1 Å². The topological polar surface area (TPSA) is 110 Å². The lowest BCUT2D eigenvalue weighted by atomic mass is 10.0. The number of nitrogens with one attached hydrogen (secondary N) is 1. The molecule has 3 rings (SSSR count).